The molecular weight excluding hydrogens is 322 g/mol. The van der Waals surface area contributed by atoms with E-state index in [0.29, 0.717) is 17.8 Å². The van der Waals surface area contributed by atoms with Crippen LogP contribution in [0.4, 0.5) is 5.82 Å². The Balaban J connectivity index is 2.49. The molecule has 0 saturated heterocycles. The van der Waals surface area contributed by atoms with E-state index >= 15 is 0 Å². The Morgan fingerprint density at radius 2 is 2.08 bits per heavy atom. The molecule has 1 aromatic heterocycles. The minimum atomic E-state index is 0.389. The van der Waals surface area contributed by atoms with Gasteiger partial charge in [-0.25, -0.2) is 9.97 Å². The van der Waals surface area contributed by atoms with E-state index in [-0.39, 0.29) is 0 Å². The third kappa shape index (κ3) is 3.81. The molecule has 5 N–H and O–H groups in total. The van der Waals surface area contributed by atoms with Gasteiger partial charge >= 0.3 is 0 Å². The zero-order valence-corrected chi connectivity index (χ0v) is 14.4. The van der Waals surface area contributed by atoms with Gasteiger partial charge in [-0.2, -0.15) is 0 Å². The number of allylic oxidation sites excluding steroid dienone is 2. The number of nitrogens with two attached hydrogens (primary N) is 2. The average Bonchev–Trinajstić information content (AvgIpc) is 2.56. The lowest BCUT2D eigenvalue weighted by Crippen LogP contribution is -2.04. The van der Waals surface area contributed by atoms with Crippen molar-refractivity contribution in [3.8, 4) is 0 Å². The van der Waals surface area contributed by atoms with Crippen molar-refractivity contribution in [2.24, 2.45) is 5.73 Å². The fourth-order valence-corrected chi connectivity index (χ4v) is 2.56. The van der Waals surface area contributed by atoms with Gasteiger partial charge in [-0.1, -0.05) is 23.7 Å². The second-order valence-electron chi connectivity index (χ2n) is 5.41. The molecule has 2 rings (SSSR count). The van der Waals surface area contributed by atoms with Crippen LogP contribution in [-0.4, -0.2) is 16.2 Å². The van der Waals surface area contributed by atoms with Gasteiger partial charge in [0, 0.05) is 35.0 Å². The third-order valence-corrected chi connectivity index (χ3v) is 4.30. The summed E-state index contributed by atoms with van der Waals surface area (Å²) in [6, 6.07) is 5.80. The highest BCUT2D eigenvalue weighted by atomic mass is 35.5. The van der Waals surface area contributed by atoms with E-state index < -0.39 is 0 Å². The summed E-state index contributed by atoms with van der Waals surface area (Å²) in [5, 5.41) is 8.13. The zero-order chi connectivity index (χ0) is 17.7. The first-order chi connectivity index (χ1) is 11.5. The molecule has 0 aliphatic heterocycles. The van der Waals surface area contributed by atoms with Gasteiger partial charge < -0.3 is 16.9 Å². The number of benzene rings is 1. The molecule has 24 heavy (non-hydrogen) atoms. The second kappa shape index (κ2) is 7.75. The molecule has 2 aromatic rings. The summed E-state index contributed by atoms with van der Waals surface area (Å²) >= 11 is 6.20. The molecule has 6 heteroatoms. The van der Waals surface area contributed by atoms with Crippen LogP contribution in [0.5, 0.6) is 0 Å². The quantitative estimate of drug-likeness (QED) is 0.572. The molecule has 124 valence electrons. The van der Waals surface area contributed by atoms with Crippen molar-refractivity contribution in [3.63, 3.8) is 0 Å². The highest BCUT2D eigenvalue weighted by Gasteiger charge is 2.11. The predicted octanol–water partition coefficient (Wildman–Crippen LogP) is 3.51. The highest BCUT2D eigenvalue weighted by Crippen LogP contribution is 2.25. The van der Waals surface area contributed by atoms with E-state index in [0.717, 1.165) is 33.0 Å². The Hall–Kier alpha value is -2.66. The normalized spacial score (nSPS) is 12.3. The minimum absolute atomic E-state index is 0.389. The minimum Gasteiger partial charge on any atom is -0.404 e. The van der Waals surface area contributed by atoms with Crippen molar-refractivity contribution in [2.45, 2.75) is 20.3 Å². The number of aromatic nitrogens is 2. The Bertz CT molecular complexity index is 824. The maximum Gasteiger partial charge on any atom is 0.134 e. The lowest BCUT2D eigenvalue weighted by Gasteiger charge is -2.11. The number of hydrogen-bond donors (Lipinski definition) is 3. The Morgan fingerprint density at radius 3 is 2.75 bits per heavy atom. The van der Waals surface area contributed by atoms with Gasteiger partial charge in [-0.05, 0) is 42.7 Å². The fraction of sp³-hybridized carbons (Fsp3) is 0.167. The first kappa shape index (κ1) is 17.7. The maximum atomic E-state index is 7.40. The van der Waals surface area contributed by atoms with Gasteiger partial charge in [0.15, 0.2) is 0 Å². The van der Waals surface area contributed by atoms with Gasteiger partial charge in [-0.3, -0.25) is 0 Å². The fourth-order valence-electron chi connectivity index (χ4n) is 2.36. The van der Waals surface area contributed by atoms with Crippen LogP contribution >= 0.6 is 11.6 Å². The van der Waals surface area contributed by atoms with Crippen molar-refractivity contribution in [1.29, 1.82) is 5.41 Å². The second-order valence-corrected chi connectivity index (χ2v) is 5.82. The number of anilines is 1. The summed E-state index contributed by atoms with van der Waals surface area (Å²) in [5.74, 6) is 0.389. The number of nitrogen functional groups attached to an aromatic ring is 1. The summed E-state index contributed by atoms with van der Waals surface area (Å²) in [6.07, 6.45) is 6.48. The number of nitrogens with zero attached hydrogens (tertiary/aromatic N) is 2. The van der Waals surface area contributed by atoms with Crippen LogP contribution in [0, 0.1) is 12.3 Å². The molecule has 0 aliphatic carbocycles. The third-order valence-electron chi connectivity index (χ3n) is 3.89. The summed E-state index contributed by atoms with van der Waals surface area (Å²) < 4.78 is 0. The van der Waals surface area contributed by atoms with Crippen LogP contribution in [0.25, 0.3) is 6.08 Å². The molecule has 0 amide bonds. The zero-order valence-electron chi connectivity index (χ0n) is 13.7. The van der Waals surface area contributed by atoms with Crippen LogP contribution in [0.15, 0.2) is 41.9 Å². The molecule has 0 fully saturated rings. The Labute approximate surface area is 146 Å². The summed E-state index contributed by atoms with van der Waals surface area (Å²) in [4.78, 5) is 8.46. The van der Waals surface area contributed by atoms with Crippen LogP contribution in [0.1, 0.15) is 29.3 Å². The maximum absolute atomic E-state index is 7.40. The van der Waals surface area contributed by atoms with Crippen molar-refractivity contribution in [3.05, 3.63) is 69.3 Å². The molecule has 0 bridgehead atoms. The average molecular weight is 342 g/mol. The van der Waals surface area contributed by atoms with Crippen molar-refractivity contribution in [2.75, 3.05) is 5.73 Å². The van der Waals surface area contributed by atoms with Crippen molar-refractivity contribution in [1.82, 2.24) is 9.97 Å². The standard InChI is InChI=1S/C18H20ClN5/c1-11(14(8-20)9-21)6-15-17(23-10-24-18(15)22)7-13-4-3-5-16(19)12(13)2/h3-6,8-10,20H,7,21H2,1-2H3,(H2,22,23,24)/b11-6+,14-9?,20-8?. The molecule has 0 unspecified atom stereocenters. The molecule has 5 nitrogen and oxygen atoms in total. The van der Waals surface area contributed by atoms with Gasteiger partial charge in [-0.15, -0.1) is 0 Å². The van der Waals surface area contributed by atoms with Crippen LogP contribution in [-0.2, 0) is 6.42 Å². The van der Waals surface area contributed by atoms with E-state index in [1.165, 1.54) is 18.7 Å². The highest BCUT2D eigenvalue weighted by molar-refractivity contribution is 6.31. The number of hydrogen-bond acceptors (Lipinski definition) is 5. The SMILES string of the molecule is C/C(=C\c1c(N)ncnc1Cc1cccc(Cl)c1C)C(C=N)=CN. The molecule has 1 heterocycles. The summed E-state index contributed by atoms with van der Waals surface area (Å²) in [7, 11) is 0. The van der Waals surface area contributed by atoms with Crippen LogP contribution in [0.2, 0.25) is 5.02 Å². The van der Waals surface area contributed by atoms with Gasteiger partial charge in [0.25, 0.3) is 0 Å². The lowest BCUT2D eigenvalue weighted by atomic mass is 9.99. The number of nitrogens with one attached hydrogen (secondary N) is 1. The Kier molecular flexibility index (Phi) is 5.71. The van der Waals surface area contributed by atoms with Gasteiger partial charge in [0.1, 0.15) is 12.1 Å². The monoisotopic (exact) mass is 341 g/mol. The van der Waals surface area contributed by atoms with E-state index in [9.17, 15) is 0 Å². The van der Waals surface area contributed by atoms with Crippen LogP contribution in [0.3, 0.4) is 0 Å². The van der Waals surface area contributed by atoms with Crippen molar-refractivity contribution < 1.29 is 0 Å². The smallest absolute Gasteiger partial charge is 0.134 e. The first-order valence-corrected chi connectivity index (χ1v) is 7.80. The predicted molar refractivity (Wildman–Crippen MR) is 100 cm³/mol. The molecule has 0 atom stereocenters. The van der Waals surface area contributed by atoms with Gasteiger partial charge in [0.05, 0.1) is 5.69 Å². The van der Waals surface area contributed by atoms with E-state index in [4.69, 9.17) is 28.5 Å². The first-order valence-electron chi connectivity index (χ1n) is 7.42. The molecule has 0 saturated carbocycles. The van der Waals surface area contributed by atoms with E-state index in [1.54, 1.807) is 0 Å². The summed E-state index contributed by atoms with van der Waals surface area (Å²) in [5.41, 5.74) is 16.6. The van der Waals surface area contributed by atoms with Crippen molar-refractivity contribution >= 4 is 29.7 Å². The van der Waals surface area contributed by atoms with E-state index in [2.05, 4.69) is 9.97 Å². The Morgan fingerprint density at radius 1 is 1.33 bits per heavy atom. The van der Waals surface area contributed by atoms with E-state index in [1.807, 2.05) is 38.1 Å². The number of halogens is 1. The van der Waals surface area contributed by atoms with Crippen LogP contribution < -0.4 is 11.5 Å². The molecular formula is C18H20ClN5. The molecule has 0 aliphatic rings. The lowest BCUT2D eigenvalue weighted by molar-refractivity contribution is 1.01. The van der Waals surface area contributed by atoms with Gasteiger partial charge in [0.2, 0.25) is 0 Å². The number of rotatable bonds is 5. The topological polar surface area (TPSA) is 102 Å². The largest absolute Gasteiger partial charge is 0.404 e. The molecule has 1 aromatic carbocycles. The molecule has 0 radical (unpaired) electrons. The summed E-state index contributed by atoms with van der Waals surface area (Å²) in [6.45, 7) is 3.85. The molecule has 0 spiro atoms.